The van der Waals surface area contributed by atoms with Crippen molar-refractivity contribution in [2.45, 2.75) is 158 Å². The highest BCUT2D eigenvalue weighted by molar-refractivity contribution is 5.98. The number of urea groups is 1. The molecule has 0 rings (SSSR count). The Morgan fingerprint density at radius 3 is 1.76 bits per heavy atom. The smallest absolute Gasteiger partial charge is 0.326 e. The summed E-state index contributed by atoms with van der Waals surface area (Å²) in [5, 5.41) is 19.7. The molecule has 0 aromatic carbocycles. The Hall–Kier alpha value is -4.96. The van der Waals surface area contributed by atoms with Gasteiger partial charge in [0, 0.05) is 60.4 Å². The summed E-state index contributed by atoms with van der Waals surface area (Å²) in [7, 11) is 9.45. The largest absolute Gasteiger partial charge is 0.365 e. The number of hydrogen-bond acceptors (Lipinski definition) is 9. The van der Waals surface area contributed by atoms with Crippen molar-refractivity contribution in [2.75, 3.05) is 55.4 Å². The molecule has 8 amide bonds. The molecule has 0 heterocycles. The molecule has 0 saturated carbocycles. The number of allylic oxidation sites excluding steroid dienone is 2. The third kappa shape index (κ3) is 21.3. The van der Waals surface area contributed by atoms with Gasteiger partial charge in [-0.1, -0.05) is 87.5 Å². The van der Waals surface area contributed by atoms with Crippen LogP contribution in [0.4, 0.5) is 4.79 Å². The van der Waals surface area contributed by atoms with E-state index in [4.69, 9.17) is 5.41 Å². The van der Waals surface area contributed by atoms with Crippen LogP contribution >= 0.6 is 0 Å². The summed E-state index contributed by atoms with van der Waals surface area (Å²) < 4.78 is 0. The van der Waals surface area contributed by atoms with Crippen molar-refractivity contribution in [3.8, 4) is 0 Å². The number of amides is 8. The molecule has 0 radical (unpaired) electrons. The van der Waals surface area contributed by atoms with Crippen molar-refractivity contribution in [2.24, 2.45) is 35.5 Å². The van der Waals surface area contributed by atoms with Crippen molar-refractivity contribution < 1.29 is 33.6 Å². The number of likely N-dealkylation sites (N-methyl/N-ethyl adjacent to an activating group) is 5. The SMILES string of the molecule is C=C([C@@H](C)NC(=O)C(C)NC(=O)CN(C)C(=O)C(C(C)C)C(CC(C)C)N(C)C(=O)N(C)C(=O)CNC(=O)C(CC(C)C/C=C/C)N(C)C(=N)CCCC(C)C)N(C)C(CC(C)C)C(=O)NC. The molecule has 17 nitrogen and oxygen atoms in total. The topological polar surface area (TPSA) is 208 Å². The van der Waals surface area contributed by atoms with E-state index in [1.807, 2.05) is 67.5 Å². The van der Waals surface area contributed by atoms with Gasteiger partial charge in [0.15, 0.2) is 0 Å². The molecule has 0 aromatic heterocycles. The number of nitrogens with one attached hydrogen (secondary N) is 5. The Morgan fingerprint density at radius 1 is 0.687 bits per heavy atom. The molecule has 0 fully saturated rings. The maximum Gasteiger partial charge on any atom is 0.326 e. The van der Waals surface area contributed by atoms with E-state index < -0.39 is 72.3 Å². The number of imide groups is 1. The van der Waals surface area contributed by atoms with Crippen molar-refractivity contribution in [3.05, 3.63) is 24.4 Å². The lowest BCUT2D eigenvalue weighted by Crippen LogP contribution is -2.56. The van der Waals surface area contributed by atoms with Gasteiger partial charge in [0.25, 0.3) is 0 Å². The number of carbonyl (C=O) groups excluding carboxylic acids is 7. The van der Waals surface area contributed by atoms with Crippen LogP contribution in [0.1, 0.15) is 128 Å². The standard InChI is InChI=1S/C50H92N10O7/c1-20-21-24-35(10)28-41(58(17)42(51)25-22-23-31(2)3)48(65)53-29-44(62)60(19)50(67)59(18)39(26-32(4)5)45(34(8)9)49(66)56(15)30-43(61)54-37(12)46(63)55-36(11)38(13)57(16)40(27-33(6)7)47(64)52-14/h20-21,31-37,39-41,45,51H,13,22-30H2,1-12,14-19H3,(H,52,64)(H,53,65)(H,54,61)(H,55,63)/b21-20+,51-42?/t35?,36-,37?,39?,40?,41?,45?/m1/s1. The Balaban J connectivity index is 6.00. The molecule has 5 N–H and O–H groups in total. The van der Waals surface area contributed by atoms with E-state index in [2.05, 4.69) is 41.7 Å². The van der Waals surface area contributed by atoms with Crippen LogP contribution in [0.25, 0.3) is 0 Å². The Morgan fingerprint density at radius 2 is 1.25 bits per heavy atom. The van der Waals surface area contributed by atoms with Gasteiger partial charge in [0.05, 0.1) is 30.9 Å². The van der Waals surface area contributed by atoms with E-state index >= 15 is 0 Å². The molecule has 0 aliphatic rings. The number of nitrogens with zero attached hydrogens (tertiary/aromatic N) is 5. The van der Waals surface area contributed by atoms with E-state index in [-0.39, 0.29) is 42.0 Å². The number of amidine groups is 1. The van der Waals surface area contributed by atoms with E-state index in [0.29, 0.717) is 43.1 Å². The minimum Gasteiger partial charge on any atom is -0.365 e. The molecule has 0 aromatic rings. The maximum absolute atomic E-state index is 14.3. The normalized spacial score (nSPS) is 14.7. The van der Waals surface area contributed by atoms with Gasteiger partial charge in [0.2, 0.25) is 35.4 Å². The predicted molar refractivity (Wildman–Crippen MR) is 269 cm³/mol. The molecule has 0 aliphatic carbocycles. The van der Waals surface area contributed by atoms with E-state index in [1.54, 1.807) is 44.9 Å². The summed E-state index contributed by atoms with van der Waals surface area (Å²) >= 11 is 0. The zero-order chi connectivity index (χ0) is 52.0. The van der Waals surface area contributed by atoms with E-state index in [1.165, 1.54) is 30.8 Å². The fraction of sp³-hybridized carbons (Fsp3) is 0.760. The monoisotopic (exact) mass is 945 g/mol. The van der Waals surface area contributed by atoms with Gasteiger partial charge in [-0.15, -0.1) is 0 Å². The molecule has 0 saturated heterocycles. The first-order chi connectivity index (χ1) is 31.0. The molecule has 0 spiro atoms. The Kier molecular flexibility index (Phi) is 28.2. The van der Waals surface area contributed by atoms with Gasteiger partial charge in [-0.3, -0.25) is 39.1 Å². The highest BCUT2D eigenvalue weighted by Crippen LogP contribution is 2.28. The fourth-order valence-corrected chi connectivity index (χ4v) is 8.02. The van der Waals surface area contributed by atoms with Crippen LogP contribution in [0.2, 0.25) is 0 Å². The van der Waals surface area contributed by atoms with Crippen LogP contribution < -0.4 is 21.3 Å². The zero-order valence-electron chi connectivity index (χ0n) is 44.7. The molecule has 17 heteroatoms. The summed E-state index contributed by atoms with van der Waals surface area (Å²) in [6.45, 7) is 26.5. The second-order valence-electron chi connectivity index (χ2n) is 20.1. The maximum atomic E-state index is 14.3. The lowest BCUT2D eigenvalue weighted by Gasteiger charge is -2.39. The van der Waals surface area contributed by atoms with Crippen LogP contribution in [-0.2, 0) is 28.8 Å². The minimum absolute atomic E-state index is 0.0407. The highest BCUT2D eigenvalue weighted by atomic mass is 16.2. The average molecular weight is 945 g/mol. The van der Waals surface area contributed by atoms with Crippen LogP contribution in [0.3, 0.4) is 0 Å². The van der Waals surface area contributed by atoms with Crippen molar-refractivity contribution >= 4 is 47.3 Å². The molecule has 384 valence electrons. The summed E-state index contributed by atoms with van der Waals surface area (Å²) in [5.41, 5.74) is 0.520. The zero-order valence-corrected chi connectivity index (χ0v) is 44.7. The number of carbonyl (C=O) groups is 7. The number of hydrogen-bond donors (Lipinski definition) is 5. The second-order valence-corrected chi connectivity index (χ2v) is 20.1. The lowest BCUT2D eigenvalue weighted by molar-refractivity contribution is -0.141. The first-order valence-corrected chi connectivity index (χ1v) is 24.2. The van der Waals surface area contributed by atoms with Gasteiger partial charge in [-0.05, 0) is 82.5 Å². The molecular weight excluding hydrogens is 853 g/mol. The van der Waals surface area contributed by atoms with Gasteiger partial charge in [-0.2, -0.15) is 0 Å². The van der Waals surface area contributed by atoms with Crippen LogP contribution in [0.15, 0.2) is 24.4 Å². The summed E-state index contributed by atoms with van der Waals surface area (Å²) in [4.78, 5) is 102. The van der Waals surface area contributed by atoms with Crippen molar-refractivity contribution in [1.29, 1.82) is 5.41 Å². The summed E-state index contributed by atoms with van der Waals surface area (Å²) in [5.74, 6) is -2.45. The molecule has 0 bridgehead atoms. The van der Waals surface area contributed by atoms with Crippen LogP contribution in [-0.4, -0.2) is 157 Å². The van der Waals surface area contributed by atoms with Crippen LogP contribution in [0, 0.1) is 40.9 Å². The molecule has 67 heavy (non-hydrogen) atoms. The molecule has 0 aliphatic heterocycles. The van der Waals surface area contributed by atoms with Crippen LogP contribution in [0.5, 0.6) is 0 Å². The Labute approximate surface area is 404 Å². The number of rotatable bonds is 29. The first kappa shape index (κ1) is 62.0. The fourth-order valence-electron chi connectivity index (χ4n) is 8.02. The van der Waals surface area contributed by atoms with E-state index in [0.717, 1.165) is 24.2 Å². The average Bonchev–Trinajstić information content (AvgIpc) is 3.25. The first-order valence-electron chi connectivity index (χ1n) is 24.2. The second kappa shape index (κ2) is 30.4. The predicted octanol–water partition coefficient (Wildman–Crippen LogP) is 5.47. The third-order valence-corrected chi connectivity index (χ3v) is 12.3. The summed E-state index contributed by atoms with van der Waals surface area (Å²) in [6.07, 6.45) is 8.54. The lowest BCUT2D eigenvalue weighted by atomic mass is 9.82. The van der Waals surface area contributed by atoms with Gasteiger partial charge in [0.1, 0.15) is 18.1 Å². The minimum atomic E-state index is -0.968. The molecular formula is C50H92N10O7. The van der Waals surface area contributed by atoms with Gasteiger partial charge < -0.3 is 40.9 Å². The summed E-state index contributed by atoms with van der Waals surface area (Å²) in [6, 6.07) is -4.03. The van der Waals surface area contributed by atoms with E-state index in [9.17, 15) is 33.6 Å². The Bertz CT molecular complexity index is 1680. The quantitative estimate of drug-likeness (QED) is 0.0366. The molecule has 6 unspecified atom stereocenters. The van der Waals surface area contributed by atoms with Crippen molar-refractivity contribution in [1.82, 2.24) is 45.8 Å². The van der Waals surface area contributed by atoms with Gasteiger partial charge >= 0.3 is 6.03 Å². The highest BCUT2D eigenvalue weighted by Gasteiger charge is 2.40. The molecule has 7 atom stereocenters. The third-order valence-electron chi connectivity index (χ3n) is 12.3. The van der Waals surface area contributed by atoms with Crippen molar-refractivity contribution in [3.63, 3.8) is 0 Å². The van der Waals surface area contributed by atoms with Gasteiger partial charge in [-0.25, -0.2) is 4.79 Å².